The maximum atomic E-state index is 13.7. The maximum Gasteiger partial charge on any atom is 0.251 e. The molecule has 1 unspecified atom stereocenters. The van der Waals surface area contributed by atoms with E-state index in [9.17, 15) is 13.2 Å². The van der Waals surface area contributed by atoms with Gasteiger partial charge in [0.15, 0.2) is 0 Å². The summed E-state index contributed by atoms with van der Waals surface area (Å²) in [6, 6.07) is 5.89. The molecule has 1 atom stereocenters. The Kier molecular flexibility index (Phi) is 8.88. The van der Waals surface area contributed by atoms with E-state index in [0.29, 0.717) is 36.1 Å². The van der Waals surface area contributed by atoms with Crippen LogP contribution in [0.2, 0.25) is 0 Å². The first-order valence-electron chi connectivity index (χ1n) is 13.4. The molecule has 1 aromatic rings. The zero-order chi connectivity index (χ0) is 24.0. The van der Waals surface area contributed by atoms with Crippen LogP contribution in [0.3, 0.4) is 0 Å². The van der Waals surface area contributed by atoms with E-state index >= 15 is 0 Å². The number of likely N-dealkylation sites (tertiary alicyclic amines) is 1. The van der Waals surface area contributed by atoms with E-state index in [-0.39, 0.29) is 5.91 Å². The molecule has 0 radical (unpaired) electrons. The summed E-state index contributed by atoms with van der Waals surface area (Å²) in [6.07, 6.45) is 10.9. The lowest BCUT2D eigenvalue weighted by atomic mass is 10.0. The van der Waals surface area contributed by atoms with Crippen molar-refractivity contribution in [2.24, 2.45) is 0 Å². The van der Waals surface area contributed by atoms with Crippen molar-refractivity contribution in [3.63, 3.8) is 0 Å². The second-order valence-electron chi connectivity index (χ2n) is 10.2. The third-order valence-electron chi connectivity index (χ3n) is 7.70. The lowest BCUT2D eigenvalue weighted by Gasteiger charge is -2.33. The molecule has 8 heteroatoms. The highest BCUT2D eigenvalue weighted by Crippen LogP contribution is 2.32. The maximum absolute atomic E-state index is 13.7. The fraction of sp³-hybridized carbons (Fsp3) is 0.731. The van der Waals surface area contributed by atoms with Gasteiger partial charge in [-0.25, -0.2) is 8.42 Å². The van der Waals surface area contributed by atoms with Crippen molar-refractivity contribution in [3.05, 3.63) is 23.8 Å². The standard InChI is InChI=1S/C26H42N4O3S/c1-22-11-4-9-15-28(22)18-10-14-27-26(31)23-12-13-24(29-16-5-2-6-17-29)25(21-23)34(32,33)30-19-7-3-8-20-30/h12-13,21-22H,2-11,14-20H2,1H3,(H,27,31). The molecule has 34 heavy (non-hydrogen) atoms. The topological polar surface area (TPSA) is 73.0 Å². The molecule has 0 spiro atoms. The molecule has 3 heterocycles. The van der Waals surface area contributed by atoms with Gasteiger partial charge in [0, 0.05) is 50.9 Å². The first kappa shape index (κ1) is 25.5. The number of carbonyl (C=O) groups is 1. The van der Waals surface area contributed by atoms with E-state index in [0.717, 1.165) is 70.4 Å². The zero-order valence-corrected chi connectivity index (χ0v) is 21.6. The first-order valence-corrected chi connectivity index (χ1v) is 14.8. The van der Waals surface area contributed by atoms with Crippen LogP contribution in [0.25, 0.3) is 0 Å². The number of nitrogens with zero attached hydrogens (tertiary/aromatic N) is 3. The van der Waals surface area contributed by atoms with Crippen LogP contribution in [0.5, 0.6) is 0 Å². The second kappa shape index (κ2) is 11.9. The van der Waals surface area contributed by atoms with Crippen LogP contribution in [0.1, 0.15) is 81.5 Å². The molecule has 3 fully saturated rings. The van der Waals surface area contributed by atoms with E-state index in [1.54, 1.807) is 16.4 Å². The molecule has 4 rings (SSSR count). The quantitative estimate of drug-likeness (QED) is 0.561. The predicted molar refractivity (Wildman–Crippen MR) is 137 cm³/mol. The molecule has 3 aliphatic rings. The van der Waals surface area contributed by atoms with Gasteiger partial charge >= 0.3 is 0 Å². The fourth-order valence-corrected chi connectivity index (χ4v) is 7.33. The van der Waals surface area contributed by atoms with E-state index in [1.165, 1.54) is 25.7 Å². The average Bonchev–Trinajstić information content (AvgIpc) is 2.88. The summed E-state index contributed by atoms with van der Waals surface area (Å²) in [5.41, 5.74) is 1.18. The van der Waals surface area contributed by atoms with E-state index in [4.69, 9.17) is 0 Å². The number of amides is 1. The van der Waals surface area contributed by atoms with Crippen LogP contribution in [0, 0.1) is 0 Å². The molecule has 3 saturated heterocycles. The summed E-state index contributed by atoms with van der Waals surface area (Å²) in [7, 11) is -3.64. The van der Waals surface area contributed by atoms with Gasteiger partial charge in [-0.05, 0) is 83.0 Å². The van der Waals surface area contributed by atoms with Crippen LogP contribution in [0.15, 0.2) is 23.1 Å². The van der Waals surface area contributed by atoms with Gasteiger partial charge in [0.2, 0.25) is 10.0 Å². The number of hydrogen-bond donors (Lipinski definition) is 1. The molecule has 0 bridgehead atoms. The molecule has 190 valence electrons. The summed E-state index contributed by atoms with van der Waals surface area (Å²) in [4.78, 5) is 17.9. The van der Waals surface area contributed by atoms with Crippen LogP contribution < -0.4 is 10.2 Å². The molecule has 1 aromatic carbocycles. The number of benzene rings is 1. The summed E-state index contributed by atoms with van der Waals surface area (Å²) < 4.78 is 28.9. The molecule has 0 saturated carbocycles. The number of rotatable bonds is 8. The Morgan fingerprint density at radius 2 is 1.62 bits per heavy atom. The van der Waals surface area contributed by atoms with Crippen molar-refractivity contribution in [1.29, 1.82) is 0 Å². The number of anilines is 1. The summed E-state index contributed by atoms with van der Waals surface area (Å²) in [6.45, 7) is 7.87. The van der Waals surface area contributed by atoms with Crippen molar-refractivity contribution in [2.75, 3.05) is 50.7 Å². The largest absolute Gasteiger partial charge is 0.370 e. The molecule has 0 aliphatic carbocycles. The fourth-order valence-electron chi connectivity index (χ4n) is 5.58. The van der Waals surface area contributed by atoms with Crippen LogP contribution in [0.4, 0.5) is 5.69 Å². The lowest BCUT2D eigenvalue weighted by molar-refractivity contribution is 0.0948. The van der Waals surface area contributed by atoms with E-state index in [1.807, 2.05) is 6.07 Å². The van der Waals surface area contributed by atoms with Gasteiger partial charge in [0.05, 0.1) is 5.69 Å². The van der Waals surface area contributed by atoms with Gasteiger partial charge in [0.1, 0.15) is 4.90 Å². The molecule has 1 amide bonds. The minimum Gasteiger partial charge on any atom is -0.370 e. The first-order chi connectivity index (χ1) is 16.5. The van der Waals surface area contributed by atoms with Gasteiger partial charge in [-0.15, -0.1) is 0 Å². The van der Waals surface area contributed by atoms with Crippen molar-refractivity contribution in [1.82, 2.24) is 14.5 Å². The predicted octanol–water partition coefficient (Wildman–Crippen LogP) is 3.85. The summed E-state index contributed by atoms with van der Waals surface area (Å²) in [5, 5.41) is 3.02. The monoisotopic (exact) mass is 490 g/mol. The van der Waals surface area contributed by atoms with Gasteiger partial charge in [-0.1, -0.05) is 12.8 Å². The Morgan fingerprint density at radius 3 is 2.32 bits per heavy atom. The van der Waals surface area contributed by atoms with Crippen molar-refractivity contribution >= 4 is 21.6 Å². The Bertz CT molecular complexity index is 924. The lowest BCUT2D eigenvalue weighted by Crippen LogP contribution is -2.39. The third kappa shape index (κ3) is 6.13. The second-order valence-corrected chi connectivity index (χ2v) is 12.1. The minimum atomic E-state index is -3.64. The number of sulfonamides is 1. The van der Waals surface area contributed by atoms with Gasteiger partial charge in [-0.2, -0.15) is 4.31 Å². The normalized spacial score (nSPS) is 23.1. The van der Waals surface area contributed by atoms with Crippen LogP contribution in [-0.2, 0) is 10.0 Å². The Hall–Kier alpha value is -1.64. The average molecular weight is 491 g/mol. The van der Waals surface area contributed by atoms with Crippen LogP contribution >= 0.6 is 0 Å². The van der Waals surface area contributed by atoms with Crippen molar-refractivity contribution in [3.8, 4) is 0 Å². The van der Waals surface area contributed by atoms with E-state index < -0.39 is 10.0 Å². The Labute approximate surface area is 205 Å². The SMILES string of the molecule is CC1CCCCN1CCCNC(=O)c1ccc(N2CCCCC2)c(S(=O)(=O)N2CCCCC2)c1. The number of piperidine rings is 3. The third-order valence-corrected chi connectivity index (χ3v) is 9.63. The van der Waals surface area contributed by atoms with Gasteiger partial charge in [-0.3, -0.25) is 4.79 Å². The summed E-state index contributed by atoms with van der Waals surface area (Å²) in [5.74, 6) is -0.188. The molecule has 3 aliphatic heterocycles. The number of carbonyl (C=O) groups excluding carboxylic acids is 1. The minimum absolute atomic E-state index is 0.188. The highest BCUT2D eigenvalue weighted by Gasteiger charge is 2.31. The van der Waals surface area contributed by atoms with Crippen LogP contribution in [-0.4, -0.2) is 75.4 Å². The highest BCUT2D eigenvalue weighted by atomic mass is 32.2. The molecular formula is C26H42N4O3S. The van der Waals surface area contributed by atoms with E-state index in [2.05, 4.69) is 22.0 Å². The molecule has 7 nitrogen and oxygen atoms in total. The Balaban J connectivity index is 1.46. The zero-order valence-electron chi connectivity index (χ0n) is 20.8. The smallest absolute Gasteiger partial charge is 0.251 e. The molecular weight excluding hydrogens is 448 g/mol. The molecule has 0 aromatic heterocycles. The van der Waals surface area contributed by atoms with Crippen molar-refractivity contribution in [2.45, 2.75) is 82.1 Å². The highest BCUT2D eigenvalue weighted by molar-refractivity contribution is 7.89. The number of nitrogens with one attached hydrogen (secondary N) is 1. The molecule has 1 N–H and O–H groups in total. The van der Waals surface area contributed by atoms with Gasteiger partial charge in [0.25, 0.3) is 5.91 Å². The Morgan fingerprint density at radius 1 is 0.941 bits per heavy atom. The summed E-state index contributed by atoms with van der Waals surface area (Å²) >= 11 is 0. The number of hydrogen-bond acceptors (Lipinski definition) is 5. The van der Waals surface area contributed by atoms with Gasteiger partial charge < -0.3 is 15.1 Å². The van der Waals surface area contributed by atoms with Crippen molar-refractivity contribution < 1.29 is 13.2 Å².